The number of carbonyl (C=O) groups is 5. The number of benzene rings is 1. The van der Waals surface area contributed by atoms with Crippen LogP contribution in [-0.4, -0.2) is 122 Å². The van der Waals surface area contributed by atoms with Crippen molar-refractivity contribution in [3.8, 4) is 5.75 Å². The van der Waals surface area contributed by atoms with E-state index in [-0.39, 0.29) is 35.6 Å². The Morgan fingerprint density at radius 1 is 1.15 bits per heavy atom. The van der Waals surface area contributed by atoms with Gasteiger partial charge in [0, 0.05) is 46.0 Å². The molecule has 0 spiro atoms. The fraction of sp³-hybridized carbons (Fsp3) is 0.667. The van der Waals surface area contributed by atoms with Crippen LogP contribution in [0.1, 0.15) is 92.6 Å². The van der Waals surface area contributed by atoms with Gasteiger partial charge in [0.05, 0.1) is 25.3 Å². The van der Waals surface area contributed by atoms with Gasteiger partial charge in [-0.25, -0.2) is 14.4 Å². The van der Waals surface area contributed by atoms with Gasteiger partial charge in [0.25, 0.3) is 0 Å². The van der Waals surface area contributed by atoms with Crippen molar-refractivity contribution in [3.63, 3.8) is 0 Å². The zero-order chi connectivity index (χ0) is 45.9. The largest absolute Gasteiger partial charge is 0.495 e. The van der Waals surface area contributed by atoms with Gasteiger partial charge in [-0.3, -0.25) is 14.9 Å². The number of methoxy groups -OCH3 is 2. The molecule has 1 aromatic rings. The first-order valence-corrected chi connectivity index (χ1v) is 21.7. The van der Waals surface area contributed by atoms with E-state index < -0.39 is 77.4 Å². The first kappa shape index (κ1) is 48.6. The number of allylic oxidation sites excluding steroid dienone is 3. The van der Waals surface area contributed by atoms with E-state index in [0.717, 1.165) is 11.1 Å². The summed E-state index contributed by atoms with van der Waals surface area (Å²) in [7, 11) is 6.05. The fourth-order valence-corrected chi connectivity index (χ4v) is 8.95. The first-order valence-electron chi connectivity index (χ1n) is 21.3. The lowest BCUT2D eigenvalue weighted by Gasteiger charge is -2.42. The molecule has 1 unspecified atom stereocenters. The monoisotopic (exact) mass is 888 g/mol. The van der Waals surface area contributed by atoms with Crippen LogP contribution in [0.3, 0.4) is 0 Å². The number of fused-ring (bicyclic) bond motifs is 5. The average molecular weight is 889 g/mol. The van der Waals surface area contributed by atoms with Crippen LogP contribution >= 0.6 is 11.6 Å². The highest BCUT2D eigenvalue weighted by Crippen LogP contribution is 2.49. The standard InChI is InChI=1S/C45H65ClN4O12/c1-25-13-12-14-34(58-11)45(56)23-33(59-42(55)48-45)26(2)38-44(7,61-38)35(22-36(51)50(9)31-20-29(19-25)21-32(57-10)37(31)46)60-40(53)27(3)49(8)39(52)30-17-15-28(16-18-30)24-47-41(54)62-43(4,5)6/h12-14,20-21,26-28,30,33-35,38,56H,15-19,22-24H2,1-11H3,(H,47,54)(H,48,55)/b14-12+,25-13+/t26-,27-,28-,30-,33+,34-,35+,38?,44+,45+/m1/s1. The topological polar surface area (TPSA) is 195 Å². The Morgan fingerprint density at radius 3 is 2.45 bits per heavy atom. The van der Waals surface area contributed by atoms with E-state index in [0.29, 0.717) is 50.1 Å². The van der Waals surface area contributed by atoms with Gasteiger partial charge in [-0.05, 0) is 97.3 Å². The van der Waals surface area contributed by atoms with Crippen LogP contribution in [0.25, 0.3) is 0 Å². The van der Waals surface area contributed by atoms with Crippen molar-refractivity contribution in [1.29, 1.82) is 0 Å². The molecule has 1 aromatic carbocycles. The molecule has 344 valence electrons. The maximum absolute atomic E-state index is 14.3. The molecular formula is C45H65ClN4O12. The van der Waals surface area contributed by atoms with E-state index in [9.17, 15) is 29.1 Å². The van der Waals surface area contributed by atoms with Gasteiger partial charge in [-0.1, -0.05) is 42.3 Å². The second kappa shape index (κ2) is 19.6. The predicted molar refractivity (Wildman–Crippen MR) is 231 cm³/mol. The number of ether oxygens (including phenoxy) is 6. The number of amides is 4. The van der Waals surface area contributed by atoms with Crippen molar-refractivity contribution in [1.82, 2.24) is 15.5 Å². The van der Waals surface area contributed by atoms with Crippen molar-refractivity contribution in [2.75, 3.05) is 39.8 Å². The van der Waals surface area contributed by atoms with Gasteiger partial charge in [0.2, 0.25) is 11.8 Å². The summed E-state index contributed by atoms with van der Waals surface area (Å²) >= 11 is 6.81. The van der Waals surface area contributed by atoms with Crippen molar-refractivity contribution in [2.45, 2.75) is 141 Å². The molecule has 4 bridgehead atoms. The highest BCUT2D eigenvalue weighted by molar-refractivity contribution is 6.35. The second-order valence-electron chi connectivity index (χ2n) is 18.4. The summed E-state index contributed by atoms with van der Waals surface area (Å²) in [6.45, 7) is 12.9. The van der Waals surface area contributed by atoms with Gasteiger partial charge < -0.3 is 48.6 Å². The SMILES string of the molecule is COc1cc2cc(c1Cl)N(C)C(=O)C[C@H](OC(=O)[C@@H](C)N(C)C(=O)[C@H]1CC[C@H](CNC(=O)OC(C)(C)C)CC1)[C@]1(C)OC1[C@H](C)[C@@H]1C[C@@](O)(NC(=O)O1)[C@H](OC)/C=C/C=C(\C)C2. The fourth-order valence-electron chi connectivity index (χ4n) is 8.64. The summed E-state index contributed by atoms with van der Waals surface area (Å²) in [4.78, 5) is 70.1. The lowest BCUT2D eigenvalue weighted by Crippen LogP contribution is -2.63. The number of aliphatic hydroxyl groups is 1. The molecule has 5 rings (SSSR count). The van der Waals surface area contributed by atoms with Gasteiger partial charge in [0.1, 0.15) is 46.3 Å². The summed E-state index contributed by atoms with van der Waals surface area (Å²) in [6, 6.07) is 2.56. The number of halogens is 1. The summed E-state index contributed by atoms with van der Waals surface area (Å²) in [5, 5.41) is 17.4. The molecule has 3 N–H and O–H groups in total. The minimum absolute atomic E-state index is 0.0657. The van der Waals surface area contributed by atoms with E-state index in [1.165, 1.54) is 24.0 Å². The third-order valence-electron chi connectivity index (χ3n) is 12.6. The number of nitrogens with zero attached hydrogens (tertiary/aromatic N) is 2. The quantitative estimate of drug-likeness (QED) is 0.161. The zero-order valence-corrected chi connectivity index (χ0v) is 38.6. The van der Waals surface area contributed by atoms with E-state index in [2.05, 4.69) is 10.6 Å². The third-order valence-corrected chi connectivity index (χ3v) is 13.0. The van der Waals surface area contributed by atoms with Crippen molar-refractivity contribution in [3.05, 3.63) is 46.5 Å². The number of anilines is 1. The highest BCUT2D eigenvalue weighted by Gasteiger charge is 2.64. The van der Waals surface area contributed by atoms with Crippen molar-refractivity contribution >= 4 is 47.3 Å². The Bertz CT molecular complexity index is 1910. The van der Waals surface area contributed by atoms with Crippen molar-refractivity contribution < 1.29 is 57.5 Å². The van der Waals surface area contributed by atoms with E-state index in [4.69, 9.17) is 40.0 Å². The summed E-state index contributed by atoms with van der Waals surface area (Å²) in [6.07, 6.45) is 2.90. The number of esters is 1. The number of likely N-dealkylation sites (N-methyl/N-ethyl adjacent to an activating group) is 1. The molecule has 62 heavy (non-hydrogen) atoms. The first-order chi connectivity index (χ1) is 29.0. The van der Waals surface area contributed by atoms with Gasteiger partial charge in [0.15, 0.2) is 5.72 Å². The smallest absolute Gasteiger partial charge is 0.409 e. The molecule has 0 aromatic heterocycles. The third kappa shape index (κ3) is 11.4. The minimum atomic E-state index is -1.85. The lowest BCUT2D eigenvalue weighted by atomic mass is 9.81. The summed E-state index contributed by atoms with van der Waals surface area (Å²) in [5.41, 5.74) is -1.60. The maximum Gasteiger partial charge on any atom is 0.409 e. The van der Waals surface area contributed by atoms with Gasteiger partial charge in [-0.15, -0.1) is 0 Å². The van der Waals surface area contributed by atoms with E-state index in [1.807, 2.05) is 13.0 Å². The van der Waals surface area contributed by atoms with Crippen LogP contribution in [0.4, 0.5) is 15.3 Å². The normalized spacial score (nSPS) is 32.4. The van der Waals surface area contributed by atoms with Crippen LogP contribution in [-0.2, 0) is 44.5 Å². The molecule has 1 saturated carbocycles. The van der Waals surface area contributed by atoms with E-state index in [1.54, 1.807) is 79.9 Å². The Kier molecular flexibility index (Phi) is 15.4. The lowest BCUT2D eigenvalue weighted by molar-refractivity contribution is -0.163. The maximum atomic E-state index is 14.3. The van der Waals surface area contributed by atoms with E-state index >= 15 is 0 Å². The molecule has 1 aliphatic carbocycles. The summed E-state index contributed by atoms with van der Waals surface area (Å²) in [5.74, 6) is -1.72. The van der Waals surface area contributed by atoms with Crippen LogP contribution in [0.2, 0.25) is 5.02 Å². The number of hydrogen-bond acceptors (Lipinski definition) is 12. The zero-order valence-electron chi connectivity index (χ0n) is 37.9. The molecule has 8 atom stereocenters. The van der Waals surface area contributed by atoms with Crippen LogP contribution in [0.5, 0.6) is 5.75 Å². The number of hydrogen-bond donors (Lipinski definition) is 3. The molecule has 4 aliphatic rings. The molecule has 3 fully saturated rings. The Labute approximate surface area is 369 Å². The highest BCUT2D eigenvalue weighted by atomic mass is 35.5. The Balaban J connectivity index is 1.38. The molecule has 0 radical (unpaired) electrons. The Morgan fingerprint density at radius 2 is 1.82 bits per heavy atom. The molecule has 17 heteroatoms. The summed E-state index contributed by atoms with van der Waals surface area (Å²) < 4.78 is 34.8. The predicted octanol–water partition coefficient (Wildman–Crippen LogP) is 5.85. The minimum Gasteiger partial charge on any atom is -0.495 e. The van der Waals surface area contributed by atoms with Crippen LogP contribution in [0, 0.1) is 17.8 Å². The molecular weight excluding hydrogens is 824 g/mol. The number of alkyl carbamates (subject to hydrolysis) is 2. The molecule has 16 nitrogen and oxygen atoms in total. The Hall–Kier alpha value is -4.38. The second-order valence-corrected chi connectivity index (χ2v) is 18.8. The number of carbonyl (C=O) groups excluding carboxylic acids is 5. The number of nitrogens with one attached hydrogen (secondary N) is 2. The number of epoxide rings is 1. The average Bonchev–Trinajstić information content (AvgIpc) is 3.91. The molecule has 2 saturated heterocycles. The molecule has 3 aliphatic heterocycles. The molecule has 4 amide bonds. The molecule has 3 heterocycles. The van der Waals surface area contributed by atoms with Crippen LogP contribution < -0.4 is 20.3 Å². The van der Waals surface area contributed by atoms with Crippen LogP contribution in [0.15, 0.2) is 35.9 Å². The van der Waals surface area contributed by atoms with Crippen molar-refractivity contribution in [2.24, 2.45) is 17.8 Å². The van der Waals surface area contributed by atoms with Gasteiger partial charge in [-0.2, -0.15) is 0 Å². The van der Waals surface area contributed by atoms with Gasteiger partial charge >= 0.3 is 18.2 Å². The number of rotatable bonds is 8.